The van der Waals surface area contributed by atoms with Gasteiger partial charge in [-0.3, -0.25) is 4.90 Å². The van der Waals surface area contributed by atoms with Crippen molar-refractivity contribution in [2.24, 2.45) is 11.7 Å². The molecule has 0 saturated carbocycles. The van der Waals surface area contributed by atoms with Crippen molar-refractivity contribution >= 4 is 0 Å². The molecular weight excluding hydrogens is 224 g/mol. The maximum atomic E-state index is 6.27. The minimum absolute atomic E-state index is 0.0831. The van der Waals surface area contributed by atoms with Gasteiger partial charge in [-0.05, 0) is 54.0 Å². The first kappa shape index (κ1) is 15.9. The quantitative estimate of drug-likeness (QED) is 0.840. The molecule has 0 radical (unpaired) electrons. The summed E-state index contributed by atoms with van der Waals surface area (Å²) in [5.41, 5.74) is 5.78. The third kappa shape index (κ3) is 2.45. The van der Waals surface area contributed by atoms with E-state index in [0.717, 1.165) is 6.42 Å². The van der Waals surface area contributed by atoms with Gasteiger partial charge in [-0.1, -0.05) is 13.8 Å². The van der Waals surface area contributed by atoms with Crippen molar-refractivity contribution in [3.8, 4) is 0 Å². The Hall–Kier alpha value is -0.120. The van der Waals surface area contributed by atoms with Gasteiger partial charge >= 0.3 is 0 Å². The van der Waals surface area contributed by atoms with Gasteiger partial charge in [0.15, 0.2) is 0 Å². The second kappa shape index (κ2) is 4.77. The summed E-state index contributed by atoms with van der Waals surface area (Å²) in [6.07, 6.45) is 0.983. The molecule has 0 aromatic carbocycles. The molecule has 0 spiro atoms. The fourth-order valence-electron chi connectivity index (χ4n) is 3.59. The van der Waals surface area contributed by atoms with E-state index in [0.29, 0.717) is 18.5 Å². The van der Waals surface area contributed by atoms with Crippen LogP contribution in [-0.2, 0) is 4.74 Å². The van der Waals surface area contributed by atoms with Crippen molar-refractivity contribution in [2.75, 3.05) is 13.6 Å². The average molecular weight is 256 g/mol. The van der Waals surface area contributed by atoms with E-state index in [-0.39, 0.29) is 16.7 Å². The fourth-order valence-corrected chi connectivity index (χ4v) is 3.59. The van der Waals surface area contributed by atoms with Crippen LogP contribution in [0.3, 0.4) is 0 Å². The maximum absolute atomic E-state index is 6.27. The summed E-state index contributed by atoms with van der Waals surface area (Å²) in [6, 6.07) is 0.491. The molecule has 3 nitrogen and oxygen atoms in total. The normalized spacial score (nSPS) is 32.2. The average Bonchev–Trinajstić information content (AvgIpc) is 2.41. The van der Waals surface area contributed by atoms with Crippen molar-refractivity contribution in [1.29, 1.82) is 0 Å². The fraction of sp³-hybridized carbons (Fsp3) is 1.00. The van der Waals surface area contributed by atoms with E-state index in [1.54, 1.807) is 0 Å². The predicted molar refractivity (Wildman–Crippen MR) is 77.7 cm³/mol. The summed E-state index contributed by atoms with van der Waals surface area (Å²) < 4.78 is 6.27. The molecule has 0 aromatic rings. The molecule has 0 amide bonds. The summed E-state index contributed by atoms with van der Waals surface area (Å²) in [7, 11) is 2.20. The lowest BCUT2D eigenvalue weighted by Crippen LogP contribution is -2.64. The number of hydrogen-bond acceptors (Lipinski definition) is 3. The number of hydrogen-bond donors (Lipinski definition) is 1. The molecule has 108 valence electrons. The summed E-state index contributed by atoms with van der Waals surface area (Å²) in [5.74, 6) is 0.609. The Morgan fingerprint density at radius 2 is 1.67 bits per heavy atom. The first-order valence-corrected chi connectivity index (χ1v) is 7.12. The van der Waals surface area contributed by atoms with Gasteiger partial charge in [-0.2, -0.15) is 0 Å². The van der Waals surface area contributed by atoms with Gasteiger partial charge in [0.25, 0.3) is 0 Å². The molecule has 1 heterocycles. The third-order valence-electron chi connectivity index (χ3n) is 4.96. The van der Waals surface area contributed by atoms with Crippen molar-refractivity contribution in [3.63, 3.8) is 0 Å². The van der Waals surface area contributed by atoms with Gasteiger partial charge in [-0.15, -0.1) is 0 Å². The van der Waals surface area contributed by atoms with E-state index in [1.807, 2.05) is 0 Å². The van der Waals surface area contributed by atoms with Gasteiger partial charge in [-0.25, -0.2) is 0 Å². The van der Waals surface area contributed by atoms with E-state index in [1.165, 1.54) is 0 Å². The van der Waals surface area contributed by atoms with Gasteiger partial charge in [0, 0.05) is 12.6 Å². The number of nitrogens with two attached hydrogens (primary N) is 1. The third-order valence-corrected chi connectivity index (χ3v) is 4.96. The topological polar surface area (TPSA) is 38.5 Å². The number of nitrogens with zero attached hydrogens (tertiary/aromatic N) is 1. The lowest BCUT2D eigenvalue weighted by Gasteiger charge is -2.49. The van der Waals surface area contributed by atoms with Crippen LogP contribution in [0, 0.1) is 5.92 Å². The second-order valence-electron chi connectivity index (χ2n) is 7.38. The van der Waals surface area contributed by atoms with E-state index >= 15 is 0 Å². The SMILES string of the molecule is CC(C)C(C)N(C)C1(CN)CC(C)(C)OC1(C)C. The number of ether oxygens (including phenoxy) is 1. The summed E-state index contributed by atoms with van der Waals surface area (Å²) in [6.45, 7) is 16.1. The van der Waals surface area contributed by atoms with Crippen molar-refractivity contribution in [3.05, 3.63) is 0 Å². The zero-order valence-electron chi connectivity index (χ0n) is 13.5. The Labute approximate surface area is 113 Å². The first-order chi connectivity index (χ1) is 7.99. The van der Waals surface area contributed by atoms with Gasteiger partial charge < -0.3 is 10.5 Å². The Kier molecular flexibility index (Phi) is 4.22. The van der Waals surface area contributed by atoms with Crippen LogP contribution in [0.2, 0.25) is 0 Å². The van der Waals surface area contributed by atoms with E-state index < -0.39 is 0 Å². The van der Waals surface area contributed by atoms with Gasteiger partial charge in [0.1, 0.15) is 0 Å². The molecule has 1 saturated heterocycles. The van der Waals surface area contributed by atoms with Crippen molar-refractivity contribution in [1.82, 2.24) is 4.90 Å². The highest BCUT2D eigenvalue weighted by Crippen LogP contribution is 2.48. The van der Waals surface area contributed by atoms with E-state index in [9.17, 15) is 0 Å². The minimum Gasteiger partial charge on any atom is -0.368 e. The second-order valence-corrected chi connectivity index (χ2v) is 7.38. The van der Waals surface area contributed by atoms with Crippen molar-refractivity contribution < 1.29 is 4.74 Å². The highest BCUT2D eigenvalue weighted by Gasteiger charge is 2.59. The Morgan fingerprint density at radius 1 is 1.17 bits per heavy atom. The maximum Gasteiger partial charge on any atom is 0.0830 e. The largest absolute Gasteiger partial charge is 0.368 e. The highest BCUT2D eigenvalue weighted by molar-refractivity contribution is 5.13. The summed E-state index contributed by atoms with van der Waals surface area (Å²) >= 11 is 0. The molecule has 3 heteroatoms. The molecule has 1 rings (SSSR count). The summed E-state index contributed by atoms with van der Waals surface area (Å²) in [4.78, 5) is 2.45. The van der Waals surface area contributed by atoms with Crippen LogP contribution in [0.15, 0.2) is 0 Å². The molecule has 1 fully saturated rings. The Balaban J connectivity index is 3.13. The van der Waals surface area contributed by atoms with Crippen LogP contribution >= 0.6 is 0 Å². The van der Waals surface area contributed by atoms with E-state index in [4.69, 9.17) is 10.5 Å². The van der Waals surface area contributed by atoms with Gasteiger partial charge in [0.2, 0.25) is 0 Å². The Morgan fingerprint density at radius 3 is 1.94 bits per heavy atom. The smallest absolute Gasteiger partial charge is 0.0830 e. The molecule has 2 atom stereocenters. The predicted octanol–water partition coefficient (Wildman–Crippen LogP) is 2.64. The van der Waals surface area contributed by atoms with Crippen LogP contribution in [-0.4, -0.2) is 41.3 Å². The molecule has 2 N–H and O–H groups in total. The van der Waals surface area contributed by atoms with Gasteiger partial charge in [0.05, 0.1) is 16.7 Å². The molecule has 1 aliphatic heterocycles. The molecule has 0 aromatic heterocycles. The molecule has 0 bridgehead atoms. The molecule has 18 heavy (non-hydrogen) atoms. The number of likely N-dealkylation sites (N-methyl/N-ethyl adjacent to an activating group) is 1. The zero-order valence-corrected chi connectivity index (χ0v) is 13.5. The lowest BCUT2D eigenvalue weighted by molar-refractivity contribution is -0.107. The molecule has 1 aliphatic rings. The molecule has 0 aliphatic carbocycles. The standard InChI is InChI=1S/C15H32N2O/c1-11(2)12(3)17(8)15(10-16)9-13(4,5)18-14(15,6)7/h11-12H,9-10,16H2,1-8H3. The Bertz CT molecular complexity index is 299. The lowest BCUT2D eigenvalue weighted by atomic mass is 9.76. The van der Waals surface area contributed by atoms with Crippen LogP contribution in [0.25, 0.3) is 0 Å². The highest BCUT2D eigenvalue weighted by atomic mass is 16.5. The number of rotatable bonds is 4. The molecular formula is C15H32N2O. The van der Waals surface area contributed by atoms with Crippen LogP contribution < -0.4 is 5.73 Å². The van der Waals surface area contributed by atoms with Crippen LogP contribution in [0.4, 0.5) is 0 Å². The first-order valence-electron chi connectivity index (χ1n) is 7.12. The van der Waals surface area contributed by atoms with E-state index in [2.05, 4.69) is 60.4 Å². The van der Waals surface area contributed by atoms with Crippen molar-refractivity contribution in [2.45, 2.75) is 77.7 Å². The van der Waals surface area contributed by atoms with Crippen LogP contribution in [0.1, 0.15) is 54.9 Å². The monoisotopic (exact) mass is 256 g/mol. The van der Waals surface area contributed by atoms with Crippen LogP contribution in [0.5, 0.6) is 0 Å². The minimum atomic E-state index is -0.219. The molecule has 2 unspecified atom stereocenters. The zero-order chi connectivity index (χ0) is 14.4. The summed E-state index contributed by atoms with van der Waals surface area (Å²) in [5, 5.41) is 0.